The van der Waals surface area contributed by atoms with Gasteiger partial charge in [0.25, 0.3) is 5.91 Å². The Hall–Kier alpha value is -2.98. The minimum atomic E-state index is -0.880. The molecule has 0 saturated carbocycles. The van der Waals surface area contributed by atoms with Crippen molar-refractivity contribution in [2.75, 3.05) is 41.5 Å². The number of amides is 3. The van der Waals surface area contributed by atoms with Gasteiger partial charge in [-0.15, -0.1) is 0 Å². The van der Waals surface area contributed by atoms with Crippen LogP contribution in [0.1, 0.15) is 24.0 Å². The maximum absolute atomic E-state index is 13.5. The van der Waals surface area contributed by atoms with Crippen molar-refractivity contribution in [3.8, 4) is 23.0 Å². The number of hydrogen-bond donors (Lipinski definition) is 1. The van der Waals surface area contributed by atoms with Gasteiger partial charge in [-0.3, -0.25) is 14.6 Å². The number of nitrogens with one attached hydrogen (secondary N) is 1. The molecular formula is C25H30BrN3O6. The standard InChI is InChI=1S/C25H30BrN3O6/c1-32-18-9-16(10-19(12-18)33-2)14-28-7-5-25(6-8-28)23(30)29(24(31)27-25)15-17-11-20(34-3)13-21(35-4)22(17)26/h9-13H,5-8,14-15H2,1-4H3,(H,27,31). The van der Waals surface area contributed by atoms with Crippen LogP contribution in [0.3, 0.4) is 0 Å². The van der Waals surface area contributed by atoms with E-state index in [0.717, 1.165) is 22.6 Å². The third-order valence-corrected chi connectivity index (χ3v) is 7.55. The zero-order valence-corrected chi connectivity index (χ0v) is 21.9. The molecule has 0 atom stereocenters. The number of likely N-dealkylation sites (tertiary alicyclic amines) is 1. The van der Waals surface area contributed by atoms with Gasteiger partial charge in [0, 0.05) is 31.8 Å². The number of halogens is 1. The molecule has 2 saturated heterocycles. The average Bonchev–Trinajstić information content (AvgIpc) is 3.10. The van der Waals surface area contributed by atoms with Crippen LogP contribution in [0.4, 0.5) is 4.79 Å². The Bertz CT molecular complexity index is 1090. The summed E-state index contributed by atoms with van der Waals surface area (Å²) >= 11 is 3.52. The van der Waals surface area contributed by atoms with Gasteiger partial charge >= 0.3 is 6.03 Å². The Morgan fingerprint density at radius 3 is 2.03 bits per heavy atom. The summed E-state index contributed by atoms with van der Waals surface area (Å²) in [7, 11) is 6.37. The molecule has 0 unspecified atom stereocenters. The molecule has 3 amide bonds. The predicted molar refractivity (Wildman–Crippen MR) is 133 cm³/mol. The monoisotopic (exact) mass is 547 g/mol. The Labute approximate surface area is 213 Å². The van der Waals surface area contributed by atoms with Crippen molar-refractivity contribution in [3.63, 3.8) is 0 Å². The van der Waals surface area contributed by atoms with E-state index in [1.807, 2.05) is 18.2 Å². The fourth-order valence-corrected chi connectivity index (χ4v) is 5.16. The SMILES string of the molecule is COc1cc(CN2CCC3(CC2)NC(=O)N(Cc2cc(OC)cc(OC)c2Br)C3=O)cc(OC)c1. The van der Waals surface area contributed by atoms with Crippen molar-refractivity contribution in [1.29, 1.82) is 0 Å². The number of urea groups is 1. The highest BCUT2D eigenvalue weighted by molar-refractivity contribution is 9.10. The molecule has 2 heterocycles. The number of carbonyl (C=O) groups is 2. The molecule has 2 aliphatic rings. The van der Waals surface area contributed by atoms with Crippen LogP contribution >= 0.6 is 15.9 Å². The maximum atomic E-state index is 13.5. The van der Waals surface area contributed by atoms with Crippen molar-refractivity contribution in [2.24, 2.45) is 0 Å². The first-order valence-electron chi connectivity index (χ1n) is 11.3. The minimum absolute atomic E-state index is 0.119. The number of carbonyl (C=O) groups excluding carboxylic acids is 2. The molecule has 10 heteroatoms. The largest absolute Gasteiger partial charge is 0.497 e. The average molecular weight is 548 g/mol. The van der Waals surface area contributed by atoms with Crippen molar-refractivity contribution in [3.05, 3.63) is 45.9 Å². The Kier molecular flexibility index (Phi) is 7.42. The molecule has 1 N–H and O–H groups in total. The lowest BCUT2D eigenvalue weighted by Crippen LogP contribution is -2.54. The number of piperidine rings is 1. The Balaban J connectivity index is 1.45. The molecule has 0 aromatic heterocycles. The van der Waals surface area contributed by atoms with E-state index in [0.29, 0.717) is 48.4 Å². The molecule has 2 aromatic carbocycles. The number of rotatable bonds is 8. The van der Waals surface area contributed by atoms with Crippen molar-refractivity contribution < 1.29 is 28.5 Å². The molecule has 2 fully saturated rings. The van der Waals surface area contributed by atoms with E-state index in [2.05, 4.69) is 26.1 Å². The topological polar surface area (TPSA) is 89.6 Å². The van der Waals surface area contributed by atoms with Crippen LogP contribution in [-0.2, 0) is 17.9 Å². The molecule has 2 aliphatic heterocycles. The van der Waals surface area contributed by atoms with Gasteiger partial charge in [0.15, 0.2) is 0 Å². The molecule has 188 valence electrons. The Morgan fingerprint density at radius 1 is 0.857 bits per heavy atom. The van der Waals surface area contributed by atoms with E-state index in [9.17, 15) is 9.59 Å². The Morgan fingerprint density at radius 2 is 1.46 bits per heavy atom. The second kappa shape index (κ2) is 10.3. The van der Waals surface area contributed by atoms with Gasteiger partial charge < -0.3 is 24.3 Å². The first-order chi connectivity index (χ1) is 16.8. The second-order valence-electron chi connectivity index (χ2n) is 8.70. The van der Waals surface area contributed by atoms with Gasteiger partial charge in [0.2, 0.25) is 0 Å². The van der Waals surface area contributed by atoms with Crippen LogP contribution in [0.25, 0.3) is 0 Å². The first kappa shape index (κ1) is 25.1. The molecule has 4 rings (SSSR count). The lowest BCUT2D eigenvalue weighted by atomic mass is 9.87. The van der Waals surface area contributed by atoms with Gasteiger partial charge in [-0.05, 0) is 58.1 Å². The van der Waals surface area contributed by atoms with Gasteiger partial charge in [-0.2, -0.15) is 0 Å². The predicted octanol–water partition coefficient (Wildman–Crippen LogP) is 3.57. The number of ether oxygens (including phenoxy) is 4. The van der Waals surface area contributed by atoms with Crippen LogP contribution in [0.15, 0.2) is 34.8 Å². The van der Waals surface area contributed by atoms with Gasteiger partial charge in [-0.25, -0.2) is 4.79 Å². The number of imide groups is 1. The highest BCUT2D eigenvalue weighted by atomic mass is 79.9. The summed E-state index contributed by atoms with van der Waals surface area (Å²) in [5.41, 5.74) is 0.915. The van der Waals surface area contributed by atoms with Crippen molar-refractivity contribution >= 4 is 27.9 Å². The smallest absolute Gasteiger partial charge is 0.325 e. The summed E-state index contributed by atoms with van der Waals surface area (Å²) in [5.74, 6) is 2.44. The van der Waals surface area contributed by atoms with E-state index in [4.69, 9.17) is 18.9 Å². The lowest BCUT2D eigenvalue weighted by molar-refractivity contribution is -0.133. The quantitative estimate of drug-likeness (QED) is 0.505. The fraction of sp³-hybridized carbons (Fsp3) is 0.440. The summed E-state index contributed by atoms with van der Waals surface area (Å²) < 4.78 is 22.2. The van der Waals surface area contributed by atoms with E-state index in [-0.39, 0.29) is 18.5 Å². The molecule has 0 radical (unpaired) electrons. The zero-order chi connectivity index (χ0) is 25.2. The minimum Gasteiger partial charge on any atom is -0.497 e. The van der Waals surface area contributed by atoms with Gasteiger partial charge in [0.1, 0.15) is 28.5 Å². The third kappa shape index (κ3) is 5.04. The maximum Gasteiger partial charge on any atom is 0.325 e. The number of nitrogens with zero attached hydrogens (tertiary/aromatic N) is 2. The molecule has 35 heavy (non-hydrogen) atoms. The number of hydrogen-bond acceptors (Lipinski definition) is 7. The molecule has 0 aliphatic carbocycles. The van der Waals surface area contributed by atoms with Crippen LogP contribution in [0.5, 0.6) is 23.0 Å². The summed E-state index contributed by atoms with van der Waals surface area (Å²) in [6, 6.07) is 8.97. The van der Waals surface area contributed by atoms with E-state index >= 15 is 0 Å². The lowest BCUT2D eigenvalue weighted by Gasteiger charge is -2.37. The van der Waals surface area contributed by atoms with Crippen molar-refractivity contribution in [1.82, 2.24) is 15.1 Å². The van der Waals surface area contributed by atoms with Crippen LogP contribution in [0, 0.1) is 0 Å². The molecular weight excluding hydrogens is 518 g/mol. The summed E-state index contributed by atoms with van der Waals surface area (Å²) in [6.07, 6.45) is 1.08. The van der Waals surface area contributed by atoms with E-state index in [1.165, 1.54) is 4.90 Å². The first-order valence-corrected chi connectivity index (χ1v) is 12.1. The number of methoxy groups -OCH3 is 4. The third-order valence-electron chi connectivity index (χ3n) is 6.65. The van der Waals surface area contributed by atoms with Crippen LogP contribution in [-0.4, -0.2) is 68.8 Å². The molecule has 1 spiro atoms. The number of benzene rings is 2. The second-order valence-corrected chi connectivity index (χ2v) is 9.50. The summed E-state index contributed by atoms with van der Waals surface area (Å²) in [6.45, 7) is 2.17. The highest BCUT2D eigenvalue weighted by Gasteiger charge is 2.52. The normalized spacial score (nSPS) is 17.5. The fourth-order valence-electron chi connectivity index (χ4n) is 4.65. The molecule has 0 bridgehead atoms. The van der Waals surface area contributed by atoms with Gasteiger partial charge in [0.05, 0.1) is 39.5 Å². The summed E-state index contributed by atoms with van der Waals surface area (Å²) in [4.78, 5) is 29.9. The molecule has 2 aromatic rings. The van der Waals surface area contributed by atoms with Gasteiger partial charge in [-0.1, -0.05) is 0 Å². The van der Waals surface area contributed by atoms with Crippen LogP contribution in [0.2, 0.25) is 0 Å². The highest BCUT2D eigenvalue weighted by Crippen LogP contribution is 2.36. The summed E-state index contributed by atoms with van der Waals surface area (Å²) in [5, 5.41) is 2.98. The van der Waals surface area contributed by atoms with E-state index in [1.54, 1.807) is 40.6 Å². The van der Waals surface area contributed by atoms with Crippen LogP contribution < -0.4 is 24.3 Å². The van der Waals surface area contributed by atoms with E-state index < -0.39 is 5.54 Å². The molecule has 9 nitrogen and oxygen atoms in total. The zero-order valence-electron chi connectivity index (χ0n) is 20.4. The van der Waals surface area contributed by atoms with Crippen molar-refractivity contribution in [2.45, 2.75) is 31.5 Å².